The Labute approximate surface area is 129 Å². The predicted molar refractivity (Wildman–Crippen MR) is 87.0 cm³/mol. The third-order valence-corrected chi connectivity index (χ3v) is 7.22. The van der Waals surface area contributed by atoms with E-state index in [0.717, 1.165) is 23.6 Å². The highest BCUT2D eigenvalue weighted by molar-refractivity contribution is 7.99. The molecule has 0 saturated heterocycles. The van der Waals surface area contributed by atoms with Gasteiger partial charge in [0.1, 0.15) is 4.21 Å². The predicted octanol–water partition coefficient (Wildman–Crippen LogP) is 2.42. The average molecular weight is 335 g/mol. The van der Waals surface area contributed by atoms with Crippen molar-refractivity contribution in [1.82, 2.24) is 10.0 Å². The molecule has 1 aliphatic carbocycles. The Hall–Kier alpha value is -0.0800. The van der Waals surface area contributed by atoms with Crippen LogP contribution in [0, 0.1) is 0 Å². The van der Waals surface area contributed by atoms with Crippen LogP contribution in [0.1, 0.15) is 32.3 Å². The molecular formula is C13H22N2O2S3. The van der Waals surface area contributed by atoms with Gasteiger partial charge in [-0.1, -0.05) is 6.92 Å². The van der Waals surface area contributed by atoms with Crippen molar-refractivity contribution in [3.8, 4) is 0 Å². The maximum absolute atomic E-state index is 12.2. The molecule has 0 bridgehead atoms. The minimum atomic E-state index is -3.36. The minimum absolute atomic E-state index is 0.0416. The summed E-state index contributed by atoms with van der Waals surface area (Å²) < 4.78 is 27.6. The van der Waals surface area contributed by atoms with Gasteiger partial charge in [-0.3, -0.25) is 0 Å². The standard InChI is InChI=1S/C13H22N2O2S3/c1-3-18-8-10(2)15-20(16,17)13-6-11(9-19-13)7-14-12-4-5-12/h6,9-10,12,14-15H,3-5,7-8H2,1-2H3. The number of thioether (sulfide) groups is 1. The Morgan fingerprint density at radius 3 is 2.90 bits per heavy atom. The first-order chi connectivity index (χ1) is 9.51. The summed E-state index contributed by atoms with van der Waals surface area (Å²) in [5, 5.41) is 5.32. The van der Waals surface area contributed by atoms with E-state index in [4.69, 9.17) is 0 Å². The molecule has 1 aromatic heterocycles. The van der Waals surface area contributed by atoms with Crippen LogP contribution in [0.15, 0.2) is 15.7 Å². The Kier molecular flexibility index (Phi) is 5.92. The molecule has 1 atom stereocenters. The van der Waals surface area contributed by atoms with Crippen LogP contribution >= 0.6 is 23.1 Å². The maximum atomic E-state index is 12.2. The van der Waals surface area contributed by atoms with Crippen LogP contribution in [0.4, 0.5) is 0 Å². The highest BCUT2D eigenvalue weighted by atomic mass is 32.2. The summed E-state index contributed by atoms with van der Waals surface area (Å²) in [4.78, 5) is 0. The molecule has 2 rings (SSSR count). The molecule has 0 amide bonds. The first kappa shape index (κ1) is 16.3. The number of rotatable bonds is 9. The molecule has 0 spiro atoms. The monoisotopic (exact) mass is 334 g/mol. The van der Waals surface area contributed by atoms with Crippen molar-refractivity contribution >= 4 is 33.1 Å². The lowest BCUT2D eigenvalue weighted by atomic mass is 10.3. The molecule has 1 saturated carbocycles. The SMILES string of the molecule is CCSCC(C)NS(=O)(=O)c1cc(CNC2CC2)cs1. The van der Waals surface area contributed by atoms with Crippen LogP contribution < -0.4 is 10.0 Å². The smallest absolute Gasteiger partial charge is 0.250 e. The number of thiophene rings is 1. The zero-order valence-electron chi connectivity index (χ0n) is 11.9. The zero-order chi connectivity index (χ0) is 14.6. The second-order valence-electron chi connectivity index (χ2n) is 5.11. The van der Waals surface area contributed by atoms with Crippen LogP contribution in [0.5, 0.6) is 0 Å². The van der Waals surface area contributed by atoms with Gasteiger partial charge in [-0.15, -0.1) is 11.3 Å². The van der Waals surface area contributed by atoms with E-state index >= 15 is 0 Å². The number of sulfonamides is 1. The third-order valence-electron chi connectivity index (χ3n) is 3.00. The van der Waals surface area contributed by atoms with E-state index in [0.29, 0.717) is 10.3 Å². The van der Waals surface area contributed by atoms with E-state index in [-0.39, 0.29) is 6.04 Å². The summed E-state index contributed by atoms with van der Waals surface area (Å²) in [5.74, 6) is 1.80. The highest BCUT2D eigenvalue weighted by Gasteiger charge is 2.22. The molecule has 1 unspecified atom stereocenters. The third kappa shape index (κ3) is 5.04. The van der Waals surface area contributed by atoms with Crippen LogP contribution in [0.3, 0.4) is 0 Å². The van der Waals surface area contributed by atoms with E-state index in [2.05, 4.69) is 17.0 Å². The van der Waals surface area contributed by atoms with Crippen molar-refractivity contribution in [1.29, 1.82) is 0 Å². The summed E-state index contributed by atoms with van der Waals surface area (Å²) in [5.41, 5.74) is 1.05. The Balaban J connectivity index is 1.90. The van der Waals surface area contributed by atoms with Crippen LogP contribution in [-0.2, 0) is 16.6 Å². The van der Waals surface area contributed by atoms with Crippen molar-refractivity contribution in [2.24, 2.45) is 0 Å². The van der Waals surface area contributed by atoms with Crippen molar-refractivity contribution in [2.75, 3.05) is 11.5 Å². The Morgan fingerprint density at radius 1 is 1.50 bits per heavy atom. The van der Waals surface area contributed by atoms with E-state index in [1.165, 1.54) is 24.2 Å². The van der Waals surface area contributed by atoms with Gasteiger partial charge >= 0.3 is 0 Å². The molecule has 1 aliphatic rings. The quantitative estimate of drug-likeness (QED) is 0.728. The Morgan fingerprint density at radius 2 is 2.25 bits per heavy atom. The lowest BCUT2D eigenvalue weighted by molar-refractivity contribution is 0.573. The van der Waals surface area contributed by atoms with Crippen molar-refractivity contribution in [3.63, 3.8) is 0 Å². The topological polar surface area (TPSA) is 58.2 Å². The fourth-order valence-corrected chi connectivity index (χ4v) is 5.04. The van der Waals surface area contributed by atoms with E-state index in [9.17, 15) is 8.42 Å². The number of hydrogen-bond donors (Lipinski definition) is 2. The van der Waals surface area contributed by atoms with E-state index in [1.54, 1.807) is 17.8 Å². The molecule has 2 N–H and O–H groups in total. The summed E-state index contributed by atoms with van der Waals surface area (Å²) in [6.45, 7) is 4.74. The minimum Gasteiger partial charge on any atom is -0.310 e. The maximum Gasteiger partial charge on any atom is 0.250 e. The van der Waals surface area contributed by atoms with Gasteiger partial charge in [0, 0.05) is 24.4 Å². The first-order valence-corrected chi connectivity index (χ1v) is 10.4. The lowest BCUT2D eigenvalue weighted by Gasteiger charge is -2.12. The summed E-state index contributed by atoms with van der Waals surface area (Å²) >= 11 is 3.04. The zero-order valence-corrected chi connectivity index (χ0v) is 14.3. The van der Waals surface area contributed by atoms with Crippen LogP contribution in [0.25, 0.3) is 0 Å². The number of nitrogens with one attached hydrogen (secondary N) is 2. The van der Waals surface area contributed by atoms with E-state index < -0.39 is 10.0 Å². The molecule has 114 valence electrons. The molecule has 0 aliphatic heterocycles. The van der Waals surface area contributed by atoms with Crippen LogP contribution in [0.2, 0.25) is 0 Å². The van der Waals surface area contributed by atoms with Gasteiger partial charge < -0.3 is 5.32 Å². The van der Waals surface area contributed by atoms with Crippen molar-refractivity contribution in [3.05, 3.63) is 17.0 Å². The van der Waals surface area contributed by atoms with Gasteiger partial charge in [-0.05, 0) is 42.5 Å². The van der Waals surface area contributed by atoms with Gasteiger partial charge in [0.15, 0.2) is 0 Å². The second-order valence-corrected chi connectivity index (χ2v) is 9.28. The second kappa shape index (κ2) is 7.26. The molecule has 0 radical (unpaired) electrons. The van der Waals surface area contributed by atoms with Gasteiger partial charge in [0.25, 0.3) is 0 Å². The summed E-state index contributed by atoms with van der Waals surface area (Å²) in [6, 6.07) is 2.38. The number of hydrogen-bond acceptors (Lipinski definition) is 5. The van der Waals surface area contributed by atoms with Gasteiger partial charge in [0.05, 0.1) is 0 Å². The molecule has 20 heavy (non-hydrogen) atoms. The van der Waals surface area contributed by atoms with Crippen molar-refractivity contribution in [2.45, 2.75) is 49.5 Å². The summed E-state index contributed by atoms with van der Waals surface area (Å²) in [6.07, 6.45) is 2.48. The highest BCUT2D eigenvalue weighted by Crippen LogP contribution is 2.23. The van der Waals surface area contributed by atoms with Gasteiger partial charge in [-0.25, -0.2) is 13.1 Å². The average Bonchev–Trinajstić information content (AvgIpc) is 3.09. The molecule has 4 nitrogen and oxygen atoms in total. The largest absolute Gasteiger partial charge is 0.310 e. The normalized spacial score (nSPS) is 17.3. The molecule has 0 aromatic carbocycles. The Bertz CT molecular complexity index is 523. The molecule has 1 heterocycles. The first-order valence-electron chi connectivity index (χ1n) is 6.92. The van der Waals surface area contributed by atoms with Crippen molar-refractivity contribution < 1.29 is 8.42 Å². The summed E-state index contributed by atoms with van der Waals surface area (Å²) in [7, 11) is -3.36. The molecule has 1 fully saturated rings. The fraction of sp³-hybridized carbons (Fsp3) is 0.692. The van der Waals surface area contributed by atoms with E-state index in [1.807, 2.05) is 12.3 Å². The molecule has 1 aromatic rings. The van der Waals surface area contributed by atoms with Gasteiger partial charge in [0.2, 0.25) is 10.0 Å². The van der Waals surface area contributed by atoms with Crippen LogP contribution in [-0.4, -0.2) is 32.0 Å². The van der Waals surface area contributed by atoms with Gasteiger partial charge in [-0.2, -0.15) is 11.8 Å². The fourth-order valence-electron chi connectivity index (χ4n) is 1.79. The molecule has 7 heteroatoms. The lowest BCUT2D eigenvalue weighted by Crippen LogP contribution is -2.33. The molecular weight excluding hydrogens is 312 g/mol.